The Morgan fingerprint density at radius 1 is 1.04 bits per heavy atom. The molecule has 2 heterocycles. The molecule has 7 nitrogen and oxygen atoms in total. The van der Waals surface area contributed by atoms with Gasteiger partial charge in [0.15, 0.2) is 0 Å². The van der Waals surface area contributed by atoms with Gasteiger partial charge in [-0.2, -0.15) is 0 Å². The highest BCUT2D eigenvalue weighted by Gasteiger charge is 2.22. The van der Waals surface area contributed by atoms with Gasteiger partial charge in [0, 0.05) is 16.3 Å². The molecular formula is C21H23NO6. The van der Waals surface area contributed by atoms with Crippen molar-refractivity contribution in [3.05, 3.63) is 44.5 Å². The van der Waals surface area contributed by atoms with Gasteiger partial charge in [-0.3, -0.25) is 4.79 Å². The van der Waals surface area contributed by atoms with E-state index in [2.05, 4.69) is 5.32 Å². The summed E-state index contributed by atoms with van der Waals surface area (Å²) in [5.41, 5.74) is 3.13. The molecule has 0 radical (unpaired) electrons. The first kappa shape index (κ1) is 19.7. The van der Waals surface area contributed by atoms with Crippen molar-refractivity contribution in [1.82, 2.24) is 5.32 Å². The van der Waals surface area contributed by atoms with Crippen LogP contribution in [0.15, 0.2) is 19.7 Å². The molecule has 28 heavy (non-hydrogen) atoms. The number of carboxylic acids is 1. The molecule has 0 saturated heterocycles. The molecule has 1 unspecified atom stereocenters. The van der Waals surface area contributed by atoms with Gasteiger partial charge in [0.2, 0.25) is 5.91 Å². The van der Waals surface area contributed by atoms with Crippen molar-refractivity contribution in [2.45, 2.75) is 53.5 Å². The van der Waals surface area contributed by atoms with E-state index < -0.39 is 23.5 Å². The van der Waals surface area contributed by atoms with E-state index in [1.54, 1.807) is 13.8 Å². The van der Waals surface area contributed by atoms with Crippen molar-refractivity contribution in [2.24, 2.45) is 0 Å². The maximum Gasteiger partial charge on any atom is 0.340 e. The molecule has 0 bridgehead atoms. The predicted octanol–water partition coefficient (Wildman–Crippen LogP) is 3.29. The average Bonchev–Trinajstić information content (AvgIpc) is 2.92. The highest BCUT2D eigenvalue weighted by atomic mass is 16.4. The van der Waals surface area contributed by atoms with Gasteiger partial charge in [-0.05, 0) is 51.3 Å². The zero-order chi connectivity index (χ0) is 20.7. The molecule has 1 atom stereocenters. The Labute approximate surface area is 161 Å². The Morgan fingerprint density at radius 2 is 1.64 bits per heavy atom. The molecule has 0 aliphatic rings. The third-order valence-corrected chi connectivity index (χ3v) is 5.32. The van der Waals surface area contributed by atoms with E-state index in [9.17, 15) is 14.4 Å². The van der Waals surface area contributed by atoms with E-state index in [1.807, 2.05) is 26.8 Å². The number of hydrogen-bond donors (Lipinski definition) is 2. The monoisotopic (exact) mass is 385 g/mol. The molecular weight excluding hydrogens is 362 g/mol. The molecule has 3 aromatic rings. The number of aryl methyl sites for hydroxylation is 4. The number of furan rings is 1. The van der Waals surface area contributed by atoms with Gasteiger partial charge < -0.3 is 19.3 Å². The number of fused-ring (bicyclic) bond motifs is 2. The van der Waals surface area contributed by atoms with E-state index in [0.717, 1.165) is 27.7 Å². The third kappa shape index (κ3) is 3.17. The Balaban J connectivity index is 2.11. The van der Waals surface area contributed by atoms with E-state index in [1.165, 1.54) is 0 Å². The Bertz CT molecular complexity index is 1170. The van der Waals surface area contributed by atoms with Gasteiger partial charge in [0.05, 0.1) is 12.0 Å². The van der Waals surface area contributed by atoms with Crippen LogP contribution in [0.4, 0.5) is 0 Å². The molecule has 2 N–H and O–H groups in total. The van der Waals surface area contributed by atoms with Gasteiger partial charge in [-0.1, -0.05) is 6.92 Å². The van der Waals surface area contributed by atoms with Crippen molar-refractivity contribution < 1.29 is 23.5 Å². The summed E-state index contributed by atoms with van der Waals surface area (Å²) >= 11 is 0. The van der Waals surface area contributed by atoms with E-state index >= 15 is 0 Å². The highest BCUT2D eigenvalue weighted by molar-refractivity contribution is 6.00. The second-order valence-corrected chi connectivity index (χ2v) is 7.07. The first-order valence-electron chi connectivity index (χ1n) is 9.13. The zero-order valence-corrected chi connectivity index (χ0v) is 16.6. The Hall–Kier alpha value is -3.09. The van der Waals surface area contributed by atoms with Crippen LogP contribution >= 0.6 is 0 Å². The summed E-state index contributed by atoms with van der Waals surface area (Å²) < 4.78 is 11.3. The maximum absolute atomic E-state index is 12.5. The third-order valence-electron chi connectivity index (χ3n) is 5.32. The van der Waals surface area contributed by atoms with E-state index in [0.29, 0.717) is 16.7 Å². The fraction of sp³-hybridized carbons (Fsp3) is 0.381. The van der Waals surface area contributed by atoms with Crippen LogP contribution < -0.4 is 10.9 Å². The smallest absolute Gasteiger partial charge is 0.340 e. The summed E-state index contributed by atoms with van der Waals surface area (Å²) in [5, 5.41) is 13.2. The van der Waals surface area contributed by atoms with Gasteiger partial charge in [0.1, 0.15) is 23.0 Å². The highest BCUT2D eigenvalue weighted by Crippen LogP contribution is 2.34. The molecule has 1 aromatic carbocycles. The summed E-state index contributed by atoms with van der Waals surface area (Å²) in [7, 11) is 0. The van der Waals surface area contributed by atoms with Crippen molar-refractivity contribution in [1.29, 1.82) is 0 Å². The SMILES string of the molecule is CCC(NC(=O)Cc1c(C)c2cc3c(C)c(C)oc3c(C)c2oc1=O)C(=O)O. The van der Waals surface area contributed by atoms with Gasteiger partial charge >= 0.3 is 11.6 Å². The van der Waals surface area contributed by atoms with Crippen LogP contribution in [0.3, 0.4) is 0 Å². The molecule has 3 rings (SSSR count). The van der Waals surface area contributed by atoms with E-state index in [4.69, 9.17) is 13.9 Å². The van der Waals surface area contributed by atoms with Gasteiger partial charge in [-0.15, -0.1) is 0 Å². The van der Waals surface area contributed by atoms with E-state index in [-0.39, 0.29) is 18.4 Å². The molecule has 0 fully saturated rings. The summed E-state index contributed by atoms with van der Waals surface area (Å²) in [6.45, 7) is 9.11. The first-order valence-corrected chi connectivity index (χ1v) is 9.13. The standard InChI is InChI=1S/C21H23NO6/c1-6-16(20(24)25)22-17(23)8-15-10(3)14-7-13-9(2)12(5)27-18(13)11(4)19(14)28-21(15)26/h7,16H,6,8H2,1-5H3,(H,22,23)(H,24,25). The Morgan fingerprint density at radius 3 is 2.25 bits per heavy atom. The van der Waals surface area contributed by atoms with Crippen molar-refractivity contribution >= 4 is 33.8 Å². The number of carbonyl (C=O) groups is 2. The van der Waals surface area contributed by atoms with Crippen LogP contribution in [0, 0.1) is 27.7 Å². The van der Waals surface area contributed by atoms with Crippen molar-refractivity contribution in [3.63, 3.8) is 0 Å². The fourth-order valence-electron chi connectivity index (χ4n) is 3.44. The lowest BCUT2D eigenvalue weighted by Gasteiger charge is -2.13. The maximum atomic E-state index is 12.5. The number of amides is 1. The van der Waals surface area contributed by atoms with Gasteiger partial charge in [-0.25, -0.2) is 9.59 Å². The second-order valence-electron chi connectivity index (χ2n) is 7.07. The number of rotatable bonds is 5. The minimum Gasteiger partial charge on any atom is -0.480 e. The summed E-state index contributed by atoms with van der Waals surface area (Å²) in [6.07, 6.45) is 0.0110. The minimum absolute atomic E-state index is 0.224. The molecule has 0 aliphatic carbocycles. The van der Waals surface area contributed by atoms with Crippen LogP contribution in [0.25, 0.3) is 21.9 Å². The lowest BCUT2D eigenvalue weighted by Crippen LogP contribution is -2.41. The van der Waals surface area contributed by atoms with Gasteiger partial charge in [0.25, 0.3) is 0 Å². The number of nitrogens with one attached hydrogen (secondary N) is 1. The van der Waals surface area contributed by atoms with Crippen LogP contribution in [0.1, 0.15) is 41.4 Å². The normalized spacial score (nSPS) is 12.5. The topological polar surface area (TPSA) is 110 Å². The first-order chi connectivity index (χ1) is 13.1. The average molecular weight is 385 g/mol. The molecule has 7 heteroatoms. The summed E-state index contributed by atoms with van der Waals surface area (Å²) in [5.74, 6) is -0.841. The van der Waals surface area contributed by atoms with Crippen LogP contribution in [-0.4, -0.2) is 23.0 Å². The summed E-state index contributed by atoms with van der Waals surface area (Å²) in [6, 6.07) is 0.925. The lowest BCUT2D eigenvalue weighted by atomic mass is 9.98. The van der Waals surface area contributed by atoms with Crippen molar-refractivity contribution in [2.75, 3.05) is 0 Å². The fourth-order valence-corrected chi connectivity index (χ4v) is 3.44. The lowest BCUT2D eigenvalue weighted by molar-refractivity contribution is -0.141. The summed E-state index contributed by atoms with van der Waals surface area (Å²) in [4.78, 5) is 36.0. The number of carbonyl (C=O) groups excluding carboxylic acids is 1. The van der Waals surface area contributed by atoms with Crippen LogP contribution in [0.5, 0.6) is 0 Å². The second kappa shape index (κ2) is 7.14. The Kier molecular flexibility index (Phi) is 5.02. The number of hydrogen-bond acceptors (Lipinski definition) is 5. The van der Waals surface area contributed by atoms with Crippen molar-refractivity contribution in [3.8, 4) is 0 Å². The number of aliphatic carboxylic acids is 1. The predicted molar refractivity (Wildman–Crippen MR) is 105 cm³/mol. The molecule has 2 aromatic heterocycles. The number of benzene rings is 1. The molecule has 0 saturated carbocycles. The number of carboxylic acid groups (broad SMARTS) is 1. The molecule has 148 valence electrons. The largest absolute Gasteiger partial charge is 0.480 e. The van der Waals surface area contributed by atoms with Crippen LogP contribution in [-0.2, 0) is 16.0 Å². The molecule has 0 aliphatic heterocycles. The molecule has 0 spiro atoms. The quantitative estimate of drug-likeness (QED) is 0.652. The minimum atomic E-state index is -1.11. The zero-order valence-electron chi connectivity index (χ0n) is 16.6. The van der Waals surface area contributed by atoms with Crippen LogP contribution in [0.2, 0.25) is 0 Å². The molecule has 1 amide bonds.